The van der Waals surface area contributed by atoms with E-state index in [0.717, 1.165) is 21.9 Å². The predicted molar refractivity (Wildman–Crippen MR) is 238 cm³/mol. The van der Waals surface area contributed by atoms with E-state index in [1.807, 2.05) is 0 Å². The highest BCUT2D eigenvalue weighted by Crippen LogP contribution is 2.52. The van der Waals surface area contributed by atoms with Crippen molar-refractivity contribution in [1.29, 1.82) is 0 Å². The molecule has 0 N–H and O–H groups in total. The fraction of sp³-hybridized carbons (Fsp3) is 0.0545. The van der Waals surface area contributed by atoms with E-state index in [9.17, 15) is 0 Å². The van der Waals surface area contributed by atoms with Crippen LogP contribution in [0.4, 0.5) is 0 Å². The van der Waals surface area contributed by atoms with E-state index in [0.29, 0.717) is 0 Å². The molecule has 0 saturated heterocycles. The van der Waals surface area contributed by atoms with Crippen LogP contribution in [-0.2, 0) is 5.41 Å². The van der Waals surface area contributed by atoms with E-state index in [1.54, 1.807) is 0 Å². The summed E-state index contributed by atoms with van der Waals surface area (Å²) >= 11 is 0. The Morgan fingerprint density at radius 1 is 0.339 bits per heavy atom. The predicted octanol–water partition coefficient (Wildman–Crippen LogP) is 15.5. The van der Waals surface area contributed by atoms with E-state index < -0.39 is 0 Å². The molecule has 1 nitrogen and oxygen atoms in total. The maximum Gasteiger partial charge on any atom is 0.143 e. The molecule has 12 rings (SSSR count). The van der Waals surface area contributed by atoms with Crippen molar-refractivity contribution in [3.05, 3.63) is 193 Å². The van der Waals surface area contributed by atoms with Crippen molar-refractivity contribution < 1.29 is 4.42 Å². The van der Waals surface area contributed by atoms with Gasteiger partial charge in [-0.3, -0.25) is 0 Å². The Balaban J connectivity index is 1.04. The molecule has 1 aliphatic rings. The summed E-state index contributed by atoms with van der Waals surface area (Å²) in [5, 5.41) is 12.2. The van der Waals surface area contributed by atoms with E-state index in [1.165, 1.54) is 98.7 Å². The molecule has 0 unspecified atom stereocenters. The van der Waals surface area contributed by atoms with Gasteiger partial charge in [0.15, 0.2) is 0 Å². The summed E-state index contributed by atoms with van der Waals surface area (Å²) in [6, 6.07) is 67.2. The third-order valence-electron chi connectivity index (χ3n) is 12.6. The summed E-state index contributed by atoms with van der Waals surface area (Å²) in [4.78, 5) is 0. The quantitative estimate of drug-likeness (QED) is 0.166. The second-order valence-corrected chi connectivity index (χ2v) is 16.0. The van der Waals surface area contributed by atoms with Crippen LogP contribution in [-0.4, -0.2) is 0 Å². The summed E-state index contributed by atoms with van der Waals surface area (Å²) in [6.07, 6.45) is 0. The third kappa shape index (κ3) is 4.37. The van der Waals surface area contributed by atoms with Crippen LogP contribution in [0.5, 0.6) is 0 Å². The van der Waals surface area contributed by atoms with Crippen molar-refractivity contribution in [3.8, 4) is 44.5 Å². The number of hydrogen-bond donors (Lipinski definition) is 0. The number of rotatable bonds is 3. The molecule has 0 spiro atoms. The first-order chi connectivity index (χ1) is 27.5. The molecular weight excluding hydrogens is 677 g/mol. The molecule has 11 aromatic rings. The molecular formula is C55H36O. The zero-order valence-corrected chi connectivity index (χ0v) is 31.2. The maximum absolute atomic E-state index is 6.79. The lowest BCUT2D eigenvalue weighted by atomic mass is 9.82. The Morgan fingerprint density at radius 3 is 1.61 bits per heavy atom. The molecule has 0 amide bonds. The fourth-order valence-electron chi connectivity index (χ4n) is 9.94. The molecule has 0 saturated carbocycles. The van der Waals surface area contributed by atoms with Crippen LogP contribution >= 0.6 is 0 Å². The van der Waals surface area contributed by atoms with Gasteiger partial charge in [-0.25, -0.2) is 0 Å². The fourth-order valence-corrected chi connectivity index (χ4v) is 9.94. The largest absolute Gasteiger partial charge is 0.455 e. The Labute approximate surface area is 325 Å². The average molecular weight is 713 g/mol. The third-order valence-corrected chi connectivity index (χ3v) is 12.6. The van der Waals surface area contributed by atoms with Gasteiger partial charge >= 0.3 is 0 Å². The molecule has 0 aliphatic heterocycles. The Morgan fingerprint density at radius 2 is 0.893 bits per heavy atom. The van der Waals surface area contributed by atoms with E-state index >= 15 is 0 Å². The molecule has 10 aromatic carbocycles. The van der Waals surface area contributed by atoms with Crippen molar-refractivity contribution in [3.63, 3.8) is 0 Å². The molecule has 1 aromatic heterocycles. The summed E-state index contributed by atoms with van der Waals surface area (Å²) < 4.78 is 6.79. The molecule has 1 heteroatoms. The lowest BCUT2D eigenvalue weighted by Gasteiger charge is -2.21. The van der Waals surface area contributed by atoms with Crippen LogP contribution in [0.2, 0.25) is 0 Å². The van der Waals surface area contributed by atoms with Gasteiger partial charge in [0.2, 0.25) is 0 Å². The number of hydrogen-bond acceptors (Lipinski definition) is 1. The summed E-state index contributed by atoms with van der Waals surface area (Å²) in [6.45, 7) is 4.69. The van der Waals surface area contributed by atoms with Crippen LogP contribution in [0.3, 0.4) is 0 Å². The first kappa shape index (κ1) is 31.4. The van der Waals surface area contributed by atoms with Gasteiger partial charge in [0, 0.05) is 21.6 Å². The number of fused-ring (bicyclic) bond motifs is 11. The summed E-state index contributed by atoms with van der Waals surface area (Å²) in [7, 11) is 0. The van der Waals surface area contributed by atoms with Crippen LogP contribution in [0, 0.1) is 0 Å². The van der Waals surface area contributed by atoms with Gasteiger partial charge in [-0.15, -0.1) is 0 Å². The Bertz CT molecular complexity index is 3370. The summed E-state index contributed by atoms with van der Waals surface area (Å²) in [5.74, 6) is 0. The second kappa shape index (κ2) is 11.5. The van der Waals surface area contributed by atoms with E-state index in [-0.39, 0.29) is 5.41 Å². The highest BCUT2D eigenvalue weighted by molar-refractivity contribution is 6.22. The molecule has 0 fully saturated rings. The Kier molecular flexibility index (Phi) is 6.46. The average Bonchev–Trinajstić information content (AvgIpc) is 3.72. The number of benzene rings is 10. The number of furan rings is 1. The minimum Gasteiger partial charge on any atom is -0.455 e. The second-order valence-electron chi connectivity index (χ2n) is 16.0. The highest BCUT2D eigenvalue weighted by atomic mass is 16.3. The molecule has 0 atom stereocenters. The maximum atomic E-state index is 6.79. The van der Waals surface area contributed by atoms with Crippen molar-refractivity contribution in [1.82, 2.24) is 0 Å². The lowest BCUT2D eigenvalue weighted by Crippen LogP contribution is -2.14. The van der Waals surface area contributed by atoms with Gasteiger partial charge in [0.1, 0.15) is 11.2 Å². The van der Waals surface area contributed by atoms with E-state index in [4.69, 9.17) is 4.42 Å². The van der Waals surface area contributed by atoms with Crippen LogP contribution in [0.1, 0.15) is 25.0 Å². The molecule has 1 aliphatic carbocycles. The van der Waals surface area contributed by atoms with Gasteiger partial charge < -0.3 is 4.42 Å². The van der Waals surface area contributed by atoms with E-state index in [2.05, 4.69) is 196 Å². The minimum atomic E-state index is -0.0821. The van der Waals surface area contributed by atoms with Gasteiger partial charge in [0.05, 0.1) is 0 Å². The molecule has 262 valence electrons. The zero-order valence-electron chi connectivity index (χ0n) is 31.2. The van der Waals surface area contributed by atoms with Crippen molar-refractivity contribution in [2.75, 3.05) is 0 Å². The molecule has 0 bridgehead atoms. The topological polar surface area (TPSA) is 13.1 Å². The standard InChI is InChI=1S/C55H36O/c1-55(2)49-22-12-11-16-39(49)46-32-51-47(31-50(46)55)48-30-45(38-15-5-10-21-44(38)54(48)56-51)34-24-26-35(27-25-34)52-40-17-6-8-19-42(40)53(43-20-9-7-18-41(43)52)37-28-23-33-13-3-4-14-36(33)29-37/h3-32H,1-2H3. The molecule has 1 heterocycles. The van der Waals surface area contributed by atoms with Gasteiger partial charge in [-0.05, 0) is 118 Å². The zero-order chi connectivity index (χ0) is 37.1. The van der Waals surface area contributed by atoms with Crippen LogP contribution in [0.25, 0.3) is 110 Å². The SMILES string of the molecule is CC1(C)c2ccccc2-c2cc3oc4c5ccccc5c(-c5ccc(-c6c7ccccc7c(-c7ccc8ccccc8c7)c7ccccc67)cc5)cc4c3cc21. The van der Waals surface area contributed by atoms with Crippen molar-refractivity contribution in [2.24, 2.45) is 0 Å². The van der Waals surface area contributed by atoms with Gasteiger partial charge in [-0.2, -0.15) is 0 Å². The molecule has 0 radical (unpaired) electrons. The van der Waals surface area contributed by atoms with Gasteiger partial charge in [0.25, 0.3) is 0 Å². The lowest BCUT2D eigenvalue weighted by molar-refractivity contribution is 0.658. The first-order valence-corrected chi connectivity index (χ1v) is 19.6. The normalized spacial score (nSPS) is 13.3. The van der Waals surface area contributed by atoms with Crippen molar-refractivity contribution >= 4 is 65.0 Å². The minimum absolute atomic E-state index is 0.0821. The van der Waals surface area contributed by atoms with Crippen molar-refractivity contribution in [2.45, 2.75) is 19.3 Å². The molecule has 56 heavy (non-hydrogen) atoms. The van der Waals surface area contributed by atoms with Gasteiger partial charge in [-0.1, -0.05) is 172 Å². The van der Waals surface area contributed by atoms with Crippen LogP contribution < -0.4 is 0 Å². The van der Waals surface area contributed by atoms with Crippen LogP contribution in [0.15, 0.2) is 186 Å². The highest BCUT2D eigenvalue weighted by Gasteiger charge is 2.36. The monoisotopic (exact) mass is 712 g/mol. The summed E-state index contributed by atoms with van der Waals surface area (Å²) in [5.41, 5.74) is 14.5. The smallest absolute Gasteiger partial charge is 0.143 e. The Hall–Kier alpha value is -6.96. The first-order valence-electron chi connectivity index (χ1n) is 19.6.